The van der Waals surface area contributed by atoms with Crippen LogP contribution in [0.15, 0.2) is 134 Å². The predicted octanol–water partition coefficient (Wildman–Crippen LogP) is 0.227. The number of fused-ring (bicyclic) bond motifs is 2. The smallest absolute Gasteiger partial charge is 0.744 e. The van der Waals surface area contributed by atoms with Crippen molar-refractivity contribution < 1.29 is 89.9 Å². The normalized spacial score (nSPS) is 13.5. The van der Waals surface area contributed by atoms with Gasteiger partial charge >= 0.3 is 59.1 Å². The molecule has 16 heteroatoms. The molecule has 0 heterocycles. The Labute approximate surface area is 320 Å². The molecule has 230 valence electrons. The van der Waals surface area contributed by atoms with E-state index in [-0.39, 0.29) is 76.2 Å². The van der Waals surface area contributed by atoms with Gasteiger partial charge in [-0.15, -0.1) is 5.11 Å². The summed E-state index contributed by atoms with van der Waals surface area (Å²) >= 11 is 0. The molecule has 5 aromatic carbocycles. The first-order chi connectivity index (χ1) is 22.0. The Morgan fingerprint density at radius 3 is 2.04 bits per heavy atom. The fourth-order valence-electron chi connectivity index (χ4n) is 4.80. The number of ketones is 1. The van der Waals surface area contributed by atoms with Gasteiger partial charge in [-0.25, -0.2) is 16.8 Å². The largest absolute Gasteiger partial charge is 1.00 e. The third kappa shape index (κ3) is 8.36. The van der Waals surface area contributed by atoms with Crippen LogP contribution in [-0.2, 0) is 25.0 Å². The molecular formula is C32H21N5Na2O7S2. The zero-order valence-corrected chi connectivity index (χ0v) is 31.1. The Bertz CT molecular complexity index is 2350. The van der Waals surface area contributed by atoms with Crippen LogP contribution in [-0.4, -0.2) is 37.4 Å². The van der Waals surface area contributed by atoms with Gasteiger partial charge in [0, 0.05) is 22.0 Å². The average molecular weight is 698 g/mol. The van der Waals surface area contributed by atoms with Gasteiger partial charge in [-0.05, 0) is 66.2 Å². The summed E-state index contributed by atoms with van der Waals surface area (Å²) in [5, 5.41) is 17.0. The zero-order valence-electron chi connectivity index (χ0n) is 25.5. The second kappa shape index (κ2) is 15.3. The van der Waals surface area contributed by atoms with Gasteiger partial charge in [-0.3, -0.25) is 10.2 Å². The molecule has 2 N–H and O–H groups in total. The van der Waals surface area contributed by atoms with Crippen LogP contribution in [0.1, 0.15) is 11.1 Å². The third-order valence-electron chi connectivity index (χ3n) is 6.96. The molecule has 0 saturated carbocycles. The van der Waals surface area contributed by atoms with Crippen LogP contribution in [0.25, 0.3) is 16.8 Å². The number of para-hydroxylation sites is 1. The minimum absolute atomic E-state index is 0. The van der Waals surface area contributed by atoms with Crippen molar-refractivity contribution in [3.8, 4) is 0 Å². The van der Waals surface area contributed by atoms with E-state index in [2.05, 4.69) is 26.1 Å². The predicted molar refractivity (Wildman–Crippen MR) is 171 cm³/mol. The van der Waals surface area contributed by atoms with E-state index >= 15 is 0 Å². The molecule has 0 bridgehead atoms. The number of azo groups is 1. The number of nitrogens with zero attached hydrogens (tertiary/aromatic N) is 3. The van der Waals surface area contributed by atoms with Crippen molar-refractivity contribution >= 4 is 77.0 Å². The minimum atomic E-state index is -4.85. The van der Waals surface area contributed by atoms with Crippen molar-refractivity contribution in [2.75, 3.05) is 10.7 Å². The van der Waals surface area contributed by atoms with Crippen molar-refractivity contribution in [1.82, 2.24) is 0 Å². The summed E-state index contributed by atoms with van der Waals surface area (Å²) in [4.78, 5) is 11.8. The van der Waals surface area contributed by atoms with E-state index in [1.807, 2.05) is 0 Å². The van der Waals surface area contributed by atoms with E-state index < -0.39 is 35.8 Å². The SMILES string of the molecule is O=C1C=Cc2cc(S(=O)(=O)[O-])ccc2/C1=N\Nc1ccc(N=Nc2ccc(Nc3ccccc3)c(S(=O)(=O)[O-])c2)c2ccccc12.[Na+].[Na+]. The summed E-state index contributed by atoms with van der Waals surface area (Å²) in [6, 6.07) is 27.1. The molecule has 12 nitrogen and oxygen atoms in total. The Morgan fingerprint density at radius 1 is 0.646 bits per heavy atom. The van der Waals surface area contributed by atoms with Crippen molar-refractivity contribution in [1.29, 1.82) is 0 Å². The van der Waals surface area contributed by atoms with Crippen LogP contribution in [0.5, 0.6) is 0 Å². The minimum Gasteiger partial charge on any atom is -0.744 e. The van der Waals surface area contributed by atoms with Gasteiger partial charge in [0.15, 0.2) is 0 Å². The summed E-state index contributed by atoms with van der Waals surface area (Å²) in [6.45, 7) is 0. The molecule has 0 amide bonds. The van der Waals surface area contributed by atoms with E-state index in [4.69, 9.17) is 0 Å². The van der Waals surface area contributed by atoms with Gasteiger partial charge in [0.1, 0.15) is 25.9 Å². The van der Waals surface area contributed by atoms with Crippen LogP contribution in [0.3, 0.4) is 0 Å². The number of allylic oxidation sites excluding steroid dienone is 1. The van der Waals surface area contributed by atoms with Gasteiger partial charge < -0.3 is 14.4 Å². The molecule has 1 aliphatic carbocycles. The van der Waals surface area contributed by atoms with Gasteiger partial charge in [0.2, 0.25) is 5.78 Å². The van der Waals surface area contributed by atoms with Crippen LogP contribution < -0.4 is 69.9 Å². The van der Waals surface area contributed by atoms with Gasteiger partial charge in [0.05, 0.1) is 32.5 Å². The van der Waals surface area contributed by atoms with Crippen LogP contribution in [0.2, 0.25) is 0 Å². The summed E-state index contributed by atoms with van der Waals surface area (Å²) < 4.78 is 70.5. The number of benzene rings is 5. The average Bonchev–Trinajstić information content (AvgIpc) is 3.03. The summed E-state index contributed by atoms with van der Waals surface area (Å²) in [5.74, 6) is -0.420. The van der Waals surface area contributed by atoms with Gasteiger partial charge in [-0.1, -0.05) is 54.6 Å². The number of anilines is 3. The molecular weight excluding hydrogens is 676 g/mol. The van der Waals surface area contributed by atoms with Crippen LogP contribution in [0.4, 0.5) is 28.4 Å². The Balaban J connectivity index is 0.00000260. The zero-order chi connectivity index (χ0) is 32.5. The Hall–Kier alpha value is -3.54. The molecule has 0 atom stereocenters. The molecule has 6 rings (SSSR count). The van der Waals surface area contributed by atoms with Crippen molar-refractivity contribution in [3.63, 3.8) is 0 Å². The Kier molecular flexibility index (Phi) is 11.9. The Morgan fingerprint density at radius 2 is 1.33 bits per heavy atom. The van der Waals surface area contributed by atoms with Crippen molar-refractivity contribution in [2.24, 2.45) is 15.3 Å². The standard InChI is InChI=1S/C32H23N5O7S2.2Na/c38-30-17-10-20-18-23(45(39,40)41)12-13-24(20)32(30)37-36-28-16-15-27(25-8-4-5-9-26(25)28)35-34-22-11-14-29(31(19-22)46(42,43)44)33-21-6-2-1-3-7-21;;/h1-19,33,36H,(H,39,40,41)(H,42,43,44);;/q;2*+1/p-2/b35-34?,37-32+;;. The van der Waals surface area contributed by atoms with E-state index in [0.29, 0.717) is 39.0 Å². The molecule has 0 fully saturated rings. The summed E-state index contributed by atoms with van der Waals surface area (Å²) in [6.07, 6.45) is 2.66. The number of hydrazone groups is 1. The van der Waals surface area contributed by atoms with E-state index in [9.17, 15) is 30.7 Å². The van der Waals surface area contributed by atoms with Crippen molar-refractivity contribution in [3.05, 3.63) is 120 Å². The number of nitrogens with one attached hydrogen (secondary N) is 2. The fourth-order valence-corrected chi connectivity index (χ4v) is 5.96. The quantitative estimate of drug-likeness (QED) is 0.0989. The molecule has 0 aliphatic heterocycles. The second-order valence-electron chi connectivity index (χ2n) is 9.98. The van der Waals surface area contributed by atoms with E-state index in [1.165, 1.54) is 36.4 Å². The summed E-state index contributed by atoms with van der Waals surface area (Å²) in [7, 11) is -9.53. The van der Waals surface area contributed by atoms with E-state index in [0.717, 1.165) is 12.1 Å². The molecule has 0 unspecified atom stereocenters. The number of hydrogen-bond donors (Lipinski definition) is 2. The van der Waals surface area contributed by atoms with Crippen LogP contribution in [0, 0.1) is 0 Å². The maximum atomic E-state index is 12.7. The number of rotatable bonds is 8. The fraction of sp³-hybridized carbons (Fsp3) is 0. The molecule has 0 aromatic heterocycles. The second-order valence-corrected chi connectivity index (χ2v) is 12.7. The molecule has 0 spiro atoms. The number of carbonyl (C=O) groups is 1. The third-order valence-corrected chi connectivity index (χ3v) is 8.67. The maximum absolute atomic E-state index is 12.7. The van der Waals surface area contributed by atoms with E-state index in [1.54, 1.807) is 66.7 Å². The first kappa shape index (κ1) is 37.3. The van der Waals surface area contributed by atoms with Gasteiger partial charge in [-0.2, -0.15) is 10.2 Å². The first-order valence-corrected chi connectivity index (χ1v) is 16.3. The molecule has 0 saturated heterocycles. The number of hydrogen-bond acceptors (Lipinski definition) is 12. The topological polar surface area (TPSA) is 193 Å². The molecule has 5 aromatic rings. The van der Waals surface area contributed by atoms with Crippen molar-refractivity contribution in [2.45, 2.75) is 9.79 Å². The monoisotopic (exact) mass is 697 g/mol. The maximum Gasteiger partial charge on any atom is 1.00 e. The molecule has 48 heavy (non-hydrogen) atoms. The number of carbonyl (C=O) groups excluding carboxylic acids is 1. The molecule has 0 radical (unpaired) electrons. The first-order valence-electron chi connectivity index (χ1n) is 13.5. The van der Waals surface area contributed by atoms with Gasteiger partial charge in [0.25, 0.3) is 0 Å². The van der Waals surface area contributed by atoms with Crippen LogP contribution >= 0.6 is 0 Å². The summed E-state index contributed by atoms with van der Waals surface area (Å²) in [5.41, 5.74) is 5.42. The molecule has 1 aliphatic rings.